The molecule has 1 rings (SSSR count). The number of hydrogen-bond donors (Lipinski definition) is 0. The van der Waals surface area contributed by atoms with Gasteiger partial charge in [-0.25, -0.2) is 8.42 Å². The van der Waals surface area contributed by atoms with Crippen LogP contribution in [0.1, 0.15) is 0 Å². The Balaban J connectivity index is 0.00000289. The summed E-state index contributed by atoms with van der Waals surface area (Å²) in [6.07, 6.45) is 0. The minimum atomic E-state index is -5.04. The van der Waals surface area contributed by atoms with Crippen LogP contribution in [0.5, 0.6) is 0 Å². The molecular formula is C6H2ClKN2O7S. The third-order valence-corrected chi connectivity index (χ3v) is 2.99. The Labute approximate surface area is 148 Å². The second-order valence-corrected chi connectivity index (χ2v) is 4.49. The summed E-state index contributed by atoms with van der Waals surface area (Å²) in [4.78, 5) is 17.6. The van der Waals surface area contributed by atoms with Crippen LogP contribution < -0.4 is 51.4 Å². The maximum absolute atomic E-state index is 10.7. The van der Waals surface area contributed by atoms with Crippen molar-refractivity contribution in [2.24, 2.45) is 0 Å². The Kier molecular flexibility index (Phi) is 6.29. The van der Waals surface area contributed by atoms with Gasteiger partial charge in [0.1, 0.15) is 10.1 Å². The third-order valence-electron chi connectivity index (χ3n) is 1.69. The minimum Gasteiger partial charge on any atom is -0.744 e. The van der Waals surface area contributed by atoms with E-state index in [9.17, 15) is 33.2 Å². The number of rotatable bonds is 3. The second kappa shape index (κ2) is 6.34. The van der Waals surface area contributed by atoms with Crippen molar-refractivity contribution in [3.05, 3.63) is 37.4 Å². The first kappa shape index (κ1) is 17.9. The molecule has 0 atom stereocenters. The van der Waals surface area contributed by atoms with E-state index in [0.29, 0.717) is 6.07 Å². The largest absolute Gasteiger partial charge is 1.00 e. The number of nitro groups is 2. The van der Waals surface area contributed by atoms with Gasteiger partial charge < -0.3 is 4.55 Å². The topological polar surface area (TPSA) is 143 Å². The van der Waals surface area contributed by atoms with Crippen LogP contribution in [0.15, 0.2) is 17.0 Å². The summed E-state index contributed by atoms with van der Waals surface area (Å²) in [5.74, 6) is 0. The van der Waals surface area contributed by atoms with Crippen molar-refractivity contribution in [2.75, 3.05) is 0 Å². The van der Waals surface area contributed by atoms with Gasteiger partial charge in [-0.15, -0.1) is 0 Å². The van der Waals surface area contributed by atoms with Crippen molar-refractivity contribution in [3.8, 4) is 0 Å². The van der Waals surface area contributed by atoms with Gasteiger partial charge in [0.15, 0.2) is 0 Å². The van der Waals surface area contributed by atoms with Gasteiger partial charge in [-0.3, -0.25) is 20.2 Å². The Morgan fingerprint density at radius 1 is 1.06 bits per heavy atom. The van der Waals surface area contributed by atoms with Crippen LogP contribution in [0.25, 0.3) is 0 Å². The smallest absolute Gasteiger partial charge is 0.744 e. The average molecular weight is 321 g/mol. The average Bonchev–Trinajstić information content (AvgIpc) is 2.14. The Morgan fingerprint density at radius 3 is 1.78 bits per heavy atom. The molecule has 0 saturated carbocycles. The molecule has 0 aliphatic carbocycles. The van der Waals surface area contributed by atoms with Crippen molar-refractivity contribution in [1.29, 1.82) is 0 Å². The van der Waals surface area contributed by atoms with Crippen LogP contribution in [-0.2, 0) is 10.1 Å². The van der Waals surface area contributed by atoms with E-state index in [1.807, 2.05) is 0 Å². The fourth-order valence-electron chi connectivity index (χ4n) is 1.02. The molecule has 0 unspecified atom stereocenters. The molecule has 92 valence electrons. The summed E-state index contributed by atoms with van der Waals surface area (Å²) in [7, 11) is -5.04. The van der Waals surface area contributed by atoms with Crippen LogP contribution in [0.2, 0.25) is 5.02 Å². The molecule has 0 spiro atoms. The van der Waals surface area contributed by atoms with Crippen LogP contribution in [0.4, 0.5) is 11.4 Å². The fraction of sp³-hybridized carbons (Fsp3) is 0. The van der Waals surface area contributed by atoms with Gasteiger partial charge in [-0.2, -0.15) is 0 Å². The number of halogens is 1. The van der Waals surface area contributed by atoms with Crippen LogP contribution in [0, 0.1) is 20.2 Å². The summed E-state index contributed by atoms with van der Waals surface area (Å²) < 4.78 is 32.0. The summed E-state index contributed by atoms with van der Waals surface area (Å²) in [5, 5.41) is 20.2. The molecule has 0 amide bonds. The van der Waals surface area contributed by atoms with Gasteiger partial charge in [-0.05, 0) is 0 Å². The molecule has 0 aliphatic rings. The third kappa shape index (κ3) is 3.93. The molecule has 0 heterocycles. The summed E-state index contributed by atoms with van der Waals surface area (Å²) in [6, 6.07) is 0.716. The number of hydrogen-bond acceptors (Lipinski definition) is 7. The molecule has 0 aliphatic heterocycles. The van der Waals surface area contributed by atoms with Crippen molar-refractivity contribution in [2.45, 2.75) is 4.90 Å². The first-order valence-electron chi connectivity index (χ1n) is 3.73. The van der Waals surface area contributed by atoms with Crippen LogP contribution in [-0.4, -0.2) is 22.8 Å². The van der Waals surface area contributed by atoms with Gasteiger partial charge in [0.25, 0.3) is 0 Å². The summed E-state index contributed by atoms with van der Waals surface area (Å²) in [6.45, 7) is 0. The molecule has 0 saturated heterocycles. The van der Waals surface area contributed by atoms with E-state index >= 15 is 0 Å². The van der Waals surface area contributed by atoms with Crippen molar-refractivity contribution < 1.29 is 74.2 Å². The summed E-state index contributed by atoms with van der Waals surface area (Å²) in [5.41, 5.74) is -2.11. The van der Waals surface area contributed by atoms with E-state index in [2.05, 4.69) is 0 Å². The van der Waals surface area contributed by atoms with Gasteiger partial charge in [0.05, 0.1) is 19.8 Å². The number of benzene rings is 1. The molecule has 9 nitrogen and oxygen atoms in total. The predicted octanol–water partition coefficient (Wildman–Crippen LogP) is -1.94. The van der Waals surface area contributed by atoms with E-state index in [1.54, 1.807) is 0 Å². The van der Waals surface area contributed by atoms with E-state index in [1.165, 1.54) is 0 Å². The molecule has 0 aromatic heterocycles. The predicted molar refractivity (Wildman–Crippen MR) is 52.7 cm³/mol. The maximum Gasteiger partial charge on any atom is 1.00 e. The fourth-order valence-corrected chi connectivity index (χ4v) is 2.01. The zero-order valence-electron chi connectivity index (χ0n) is 8.69. The minimum absolute atomic E-state index is 0. The zero-order chi connectivity index (χ0) is 13.4. The molecule has 18 heavy (non-hydrogen) atoms. The van der Waals surface area contributed by atoms with Crippen molar-refractivity contribution in [3.63, 3.8) is 0 Å². The van der Waals surface area contributed by atoms with Crippen molar-refractivity contribution >= 4 is 33.1 Å². The molecule has 0 bridgehead atoms. The molecule has 1 aromatic rings. The first-order valence-corrected chi connectivity index (χ1v) is 5.51. The van der Waals surface area contributed by atoms with E-state index < -0.39 is 41.3 Å². The van der Waals surface area contributed by atoms with Crippen LogP contribution in [0.3, 0.4) is 0 Å². The summed E-state index contributed by atoms with van der Waals surface area (Å²) >= 11 is 5.33. The Morgan fingerprint density at radius 2 is 1.44 bits per heavy atom. The van der Waals surface area contributed by atoms with Crippen molar-refractivity contribution in [1.82, 2.24) is 0 Å². The molecule has 0 fully saturated rings. The van der Waals surface area contributed by atoms with E-state index in [4.69, 9.17) is 11.6 Å². The monoisotopic (exact) mass is 320 g/mol. The van der Waals surface area contributed by atoms with Gasteiger partial charge >= 0.3 is 62.8 Å². The molecule has 0 radical (unpaired) electrons. The molecule has 12 heteroatoms. The number of nitro benzene ring substituents is 2. The van der Waals surface area contributed by atoms with Gasteiger partial charge in [0, 0.05) is 12.1 Å². The molecule has 0 N–H and O–H groups in total. The normalized spacial score (nSPS) is 10.6. The Hall–Kier alpha value is -0.144. The quantitative estimate of drug-likeness (QED) is 0.273. The standard InChI is InChI=1S/C6H3ClN2O7S.K/c7-3-1-4(8(10)11)5(9(12)13)2-6(3)17(14,15)16;/h1-2H,(H,14,15,16);/q;+1/p-1. The second-order valence-electron chi connectivity index (χ2n) is 2.74. The SMILES string of the molecule is O=[N+]([O-])c1cc(Cl)c(S(=O)(=O)[O-])cc1[N+](=O)[O-].[K+]. The van der Waals surface area contributed by atoms with Gasteiger partial charge in [-0.1, -0.05) is 11.6 Å². The van der Waals surface area contributed by atoms with E-state index in [-0.39, 0.29) is 57.5 Å². The van der Waals surface area contributed by atoms with Crippen LogP contribution >= 0.6 is 11.6 Å². The first-order chi connectivity index (χ1) is 7.64. The Bertz CT molecular complexity index is 617. The maximum atomic E-state index is 10.7. The number of nitrogens with zero attached hydrogens (tertiary/aromatic N) is 2. The van der Waals surface area contributed by atoms with E-state index in [0.717, 1.165) is 0 Å². The molecular weight excluding hydrogens is 319 g/mol. The zero-order valence-corrected chi connectivity index (χ0v) is 13.4. The van der Waals surface area contributed by atoms with Gasteiger partial charge in [0.2, 0.25) is 0 Å². The molecule has 1 aromatic carbocycles.